The van der Waals surface area contributed by atoms with Crippen LogP contribution in [0.15, 0.2) is 41.2 Å². The van der Waals surface area contributed by atoms with Crippen molar-refractivity contribution in [2.45, 2.75) is 18.5 Å². The molecule has 132 valence electrons. The van der Waals surface area contributed by atoms with Crippen LogP contribution in [-0.2, 0) is 9.59 Å². The zero-order chi connectivity index (χ0) is 17.7. The van der Waals surface area contributed by atoms with Gasteiger partial charge < -0.3 is 19.2 Å². The van der Waals surface area contributed by atoms with Gasteiger partial charge in [-0.05, 0) is 24.6 Å². The van der Waals surface area contributed by atoms with Crippen molar-refractivity contribution in [3.63, 3.8) is 0 Å². The number of nitrogens with zero attached hydrogens (tertiary/aromatic N) is 4. The molecule has 9 heteroatoms. The molecule has 26 heavy (non-hydrogen) atoms. The van der Waals surface area contributed by atoms with E-state index in [1.54, 1.807) is 17.3 Å². The second-order valence-corrected chi connectivity index (χ2v) is 6.46. The highest BCUT2D eigenvalue weighted by Gasteiger charge is 2.43. The number of piperazine rings is 1. The highest BCUT2D eigenvalue weighted by Crippen LogP contribution is 2.33. The Kier molecular flexibility index (Phi) is 3.21. The van der Waals surface area contributed by atoms with Crippen molar-refractivity contribution in [2.75, 3.05) is 13.1 Å². The van der Waals surface area contributed by atoms with Crippen LogP contribution < -0.4 is 5.32 Å². The van der Waals surface area contributed by atoms with Gasteiger partial charge in [0.15, 0.2) is 17.3 Å². The van der Waals surface area contributed by atoms with Gasteiger partial charge in [-0.25, -0.2) is 4.98 Å². The fraction of sp³-hybridized carbons (Fsp3) is 0.294. The van der Waals surface area contributed by atoms with Gasteiger partial charge in [0.2, 0.25) is 11.8 Å². The van der Waals surface area contributed by atoms with Gasteiger partial charge in [-0.1, -0.05) is 0 Å². The second kappa shape index (κ2) is 5.58. The maximum atomic E-state index is 12.1. The minimum atomic E-state index is -0.409. The number of hydrogen-bond acceptors (Lipinski definition) is 5. The fourth-order valence-electron chi connectivity index (χ4n) is 3.72. The Morgan fingerprint density at radius 1 is 1.15 bits per heavy atom. The molecule has 2 amide bonds. The molecule has 3 aromatic heterocycles. The summed E-state index contributed by atoms with van der Waals surface area (Å²) in [6.45, 7) is 0.568. The van der Waals surface area contributed by atoms with E-state index in [-0.39, 0.29) is 24.4 Å². The number of furan rings is 1. The SMILES string of the molecule is O=C1NCC(=O)N2C[C@@H](n3ccnc3-c3ccc(-c4ccn[nH]4)o3)C[C@@H]12. The Hall–Kier alpha value is -3.36. The van der Waals surface area contributed by atoms with Crippen LogP contribution in [0.3, 0.4) is 0 Å². The van der Waals surface area contributed by atoms with Crippen LogP contribution in [0.4, 0.5) is 0 Å². The molecule has 0 saturated carbocycles. The summed E-state index contributed by atoms with van der Waals surface area (Å²) >= 11 is 0. The first kappa shape index (κ1) is 14.9. The van der Waals surface area contributed by atoms with Gasteiger partial charge >= 0.3 is 0 Å². The maximum absolute atomic E-state index is 12.1. The van der Waals surface area contributed by atoms with Crippen molar-refractivity contribution in [1.29, 1.82) is 0 Å². The number of carbonyl (C=O) groups is 2. The number of fused-ring (bicyclic) bond motifs is 1. The predicted molar refractivity (Wildman–Crippen MR) is 89.7 cm³/mol. The summed E-state index contributed by atoms with van der Waals surface area (Å²) in [5.41, 5.74) is 0.787. The monoisotopic (exact) mass is 352 g/mol. The van der Waals surface area contributed by atoms with Crippen molar-refractivity contribution < 1.29 is 14.0 Å². The lowest BCUT2D eigenvalue weighted by Gasteiger charge is -2.28. The largest absolute Gasteiger partial charge is 0.451 e. The summed E-state index contributed by atoms with van der Waals surface area (Å²) in [6.07, 6.45) is 5.79. The molecule has 9 nitrogen and oxygen atoms in total. The molecule has 2 saturated heterocycles. The third-order valence-corrected chi connectivity index (χ3v) is 4.97. The number of amides is 2. The number of nitrogens with one attached hydrogen (secondary N) is 2. The lowest BCUT2D eigenvalue weighted by Crippen LogP contribution is -2.55. The number of hydrogen-bond donors (Lipinski definition) is 2. The Balaban J connectivity index is 1.45. The molecule has 5 heterocycles. The normalized spacial score (nSPS) is 22.5. The van der Waals surface area contributed by atoms with Crippen LogP contribution in [-0.4, -0.2) is 55.6 Å². The molecular formula is C17H16N6O3. The van der Waals surface area contributed by atoms with Gasteiger partial charge in [0.1, 0.15) is 11.7 Å². The van der Waals surface area contributed by atoms with E-state index in [1.807, 2.05) is 29.0 Å². The van der Waals surface area contributed by atoms with Gasteiger partial charge in [0.25, 0.3) is 0 Å². The van der Waals surface area contributed by atoms with Gasteiger partial charge in [-0.2, -0.15) is 5.10 Å². The minimum absolute atomic E-state index is 0.0222. The van der Waals surface area contributed by atoms with E-state index in [2.05, 4.69) is 20.5 Å². The van der Waals surface area contributed by atoms with Crippen molar-refractivity contribution in [2.24, 2.45) is 0 Å². The summed E-state index contributed by atoms with van der Waals surface area (Å²) in [4.78, 5) is 30.2. The zero-order valence-corrected chi connectivity index (χ0v) is 13.8. The predicted octanol–water partition coefficient (Wildman–Crippen LogP) is 0.805. The summed E-state index contributed by atoms with van der Waals surface area (Å²) in [5, 5.41) is 9.44. The zero-order valence-electron chi connectivity index (χ0n) is 13.8. The van der Waals surface area contributed by atoms with Crippen LogP contribution in [0.5, 0.6) is 0 Å². The smallest absolute Gasteiger partial charge is 0.243 e. The molecule has 0 spiro atoms. The van der Waals surface area contributed by atoms with Crippen LogP contribution in [0.1, 0.15) is 12.5 Å². The van der Waals surface area contributed by atoms with Crippen LogP contribution in [0.25, 0.3) is 23.0 Å². The van der Waals surface area contributed by atoms with E-state index in [0.717, 1.165) is 5.69 Å². The van der Waals surface area contributed by atoms with Gasteiger partial charge in [0.05, 0.1) is 12.6 Å². The maximum Gasteiger partial charge on any atom is 0.243 e. The van der Waals surface area contributed by atoms with E-state index in [9.17, 15) is 9.59 Å². The van der Waals surface area contributed by atoms with Gasteiger partial charge in [-0.3, -0.25) is 14.7 Å². The number of H-pyrrole nitrogens is 1. The molecule has 0 unspecified atom stereocenters. The number of imidazole rings is 1. The van der Waals surface area contributed by atoms with Crippen molar-refractivity contribution in [3.8, 4) is 23.0 Å². The average Bonchev–Trinajstić information content (AvgIpc) is 3.42. The molecule has 2 atom stereocenters. The Morgan fingerprint density at radius 2 is 2.04 bits per heavy atom. The van der Waals surface area contributed by atoms with Crippen LogP contribution >= 0.6 is 0 Å². The molecular weight excluding hydrogens is 336 g/mol. The van der Waals surface area contributed by atoms with E-state index < -0.39 is 6.04 Å². The molecule has 2 fully saturated rings. The minimum Gasteiger partial charge on any atom is -0.451 e. The quantitative estimate of drug-likeness (QED) is 0.725. The highest BCUT2D eigenvalue weighted by molar-refractivity contribution is 5.95. The van der Waals surface area contributed by atoms with Crippen molar-refractivity contribution >= 4 is 11.8 Å². The van der Waals surface area contributed by atoms with E-state index in [0.29, 0.717) is 30.3 Å². The topological polar surface area (TPSA) is 109 Å². The molecule has 5 rings (SSSR count). The number of aromatic nitrogens is 4. The molecule has 2 aliphatic heterocycles. The molecule has 0 radical (unpaired) electrons. The van der Waals surface area contributed by atoms with E-state index >= 15 is 0 Å². The lowest BCUT2D eigenvalue weighted by molar-refractivity contribution is -0.143. The Labute approximate surface area is 148 Å². The molecule has 0 aliphatic carbocycles. The lowest BCUT2D eigenvalue weighted by atomic mass is 10.1. The summed E-state index contributed by atoms with van der Waals surface area (Å²) in [6, 6.07) is 5.11. The molecule has 0 aromatic carbocycles. The van der Waals surface area contributed by atoms with Gasteiger partial charge in [0, 0.05) is 25.1 Å². The summed E-state index contributed by atoms with van der Waals surface area (Å²) < 4.78 is 7.90. The van der Waals surface area contributed by atoms with Crippen LogP contribution in [0.2, 0.25) is 0 Å². The molecule has 2 N–H and O–H groups in total. The van der Waals surface area contributed by atoms with E-state index in [4.69, 9.17) is 4.42 Å². The summed E-state index contributed by atoms with van der Waals surface area (Å²) in [5.74, 6) is 1.84. The molecule has 0 bridgehead atoms. The first-order chi connectivity index (χ1) is 12.7. The third kappa shape index (κ3) is 2.24. The Bertz CT molecular complexity index is 948. The second-order valence-electron chi connectivity index (χ2n) is 6.46. The molecule has 2 aliphatic rings. The van der Waals surface area contributed by atoms with Crippen molar-refractivity contribution in [3.05, 3.63) is 36.8 Å². The van der Waals surface area contributed by atoms with Crippen LogP contribution in [0, 0.1) is 0 Å². The number of aromatic amines is 1. The number of carbonyl (C=O) groups excluding carboxylic acids is 2. The van der Waals surface area contributed by atoms with E-state index in [1.165, 1.54) is 0 Å². The molecule has 3 aromatic rings. The standard InChI is InChI=1S/C17H16N6O3/c24-15-8-19-17(25)12-7-10(9-23(12)15)22-6-5-18-16(22)14-2-1-13(26-14)11-3-4-20-21-11/h1-6,10,12H,7-9H2,(H,19,25)(H,20,21)/t10-,12-/m0/s1. The first-order valence-electron chi connectivity index (χ1n) is 8.40. The Morgan fingerprint density at radius 3 is 2.85 bits per heavy atom. The summed E-state index contributed by atoms with van der Waals surface area (Å²) in [7, 11) is 0. The van der Waals surface area contributed by atoms with Crippen molar-refractivity contribution in [1.82, 2.24) is 30.0 Å². The highest BCUT2D eigenvalue weighted by atomic mass is 16.3. The van der Waals surface area contributed by atoms with Gasteiger partial charge in [-0.15, -0.1) is 0 Å². The third-order valence-electron chi connectivity index (χ3n) is 4.97. The fourth-order valence-corrected chi connectivity index (χ4v) is 3.72. The average molecular weight is 352 g/mol. The number of rotatable bonds is 3. The first-order valence-corrected chi connectivity index (χ1v) is 8.40.